The molecule has 1 atom stereocenters. The van der Waals surface area contributed by atoms with Crippen LogP contribution in [0, 0.1) is 0 Å². The Balaban J connectivity index is 1.23. The first-order valence-corrected chi connectivity index (χ1v) is 14.7. The molecule has 3 amide bonds. The van der Waals surface area contributed by atoms with Crippen molar-refractivity contribution >= 4 is 23.9 Å². The van der Waals surface area contributed by atoms with E-state index in [9.17, 15) is 19.2 Å². The van der Waals surface area contributed by atoms with Crippen LogP contribution in [0.3, 0.4) is 0 Å². The smallest absolute Gasteiger partial charge is 0.407 e. The first-order valence-electron chi connectivity index (χ1n) is 14.7. The second kappa shape index (κ2) is 23.9. The lowest BCUT2D eigenvalue weighted by Gasteiger charge is -2.18. The van der Waals surface area contributed by atoms with Crippen molar-refractivity contribution in [2.75, 3.05) is 85.8 Å². The largest absolute Gasteiger partial charge is 0.446 e. The van der Waals surface area contributed by atoms with Gasteiger partial charge < -0.3 is 43.3 Å². The number of hydrogen-bond acceptors (Lipinski definition) is 12. The molecule has 1 saturated heterocycles. The summed E-state index contributed by atoms with van der Waals surface area (Å²) < 4.78 is 37.8. The fourth-order valence-electron chi connectivity index (χ4n) is 3.82. The van der Waals surface area contributed by atoms with Gasteiger partial charge in [0.1, 0.15) is 6.10 Å². The highest BCUT2D eigenvalue weighted by molar-refractivity contribution is 6.01. The number of nitrogens with zero attached hydrogens (tertiary/aromatic N) is 1. The number of nitrogens with one attached hydrogen (secondary N) is 1. The second-order valence-electron chi connectivity index (χ2n) is 9.40. The lowest BCUT2D eigenvalue weighted by atomic mass is 10.0. The number of alkyl carbamates (subject to hydrolysis) is 1. The number of allylic oxidation sites excluding steroid dienone is 2. The summed E-state index contributed by atoms with van der Waals surface area (Å²) in [7, 11) is 0. The highest BCUT2D eigenvalue weighted by Crippen LogP contribution is 2.15. The number of rotatable bonds is 23. The van der Waals surface area contributed by atoms with Crippen molar-refractivity contribution in [1.82, 2.24) is 10.4 Å². The van der Waals surface area contributed by atoms with E-state index in [1.165, 1.54) is 0 Å². The zero-order valence-corrected chi connectivity index (χ0v) is 24.4. The molecule has 42 heavy (non-hydrogen) atoms. The highest BCUT2D eigenvalue weighted by atomic mass is 16.7. The number of hydroxylamine groups is 2. The third kappa shape index (κ3) is 18.0. The normalized spacial score (nSPS) is 18.0. The summed E-state index contributed by atoms with van der Waals surface area (Å²) in [6.45, 7) is 4.91. The van der Waals surface area contributed by atoms with Gasteiger partial charge in [0.2, 0.25) is 0 Å². The third-order valence-electron chi connectivity index (χ3n) is 6.02. The number of ether oxygens (including phenoxy) is 7. The highest BCUT2D eigenvalue weighted by Gasteiger charge is 2.32. The molecule has 1 unspecified atom stereocenters. The fraction of sp³-hybridized carbons (Fsp3) is 0.786. The lowest BCUT2D eigenvalue weighted by molar-refractivity contribution is -0.198. The van der Waals surface area contributed by atoms with Crippen LogP contribution in [0.4, 0.5) is 4.79 Å². The van der Waals surface area contributed by atoms with Crippen LogP contribution < -0.4 is 5.32 Å². The maximum atomic E-state index is 11.9. The second-order valence-corrected chi connectivity index (χ2v) is 9.40. The van der Waals surface area contributed by atoms with E-state index in [-0.39, 0.29) is 38.6 Å². The maximum Gasteiger partial charge on any atom is 0.407 e. The van der Waals surface area contributed by atoms with Crippen molar-refractivity contribution in [3.8, 4) is 0 Å². The summed E-state index contributed by atoms with van der Waals surface area (Å²) in [5.41, 5.74) is 0. The average molecular weight is 603 g/mol. The average Bonchev–Trinajstić information content (AvgIpc) is 3.27. The van der Waals surface area contributed by atoms with Crippen LogP contribution in [0.2, 0.25) is 0 Å². The Bertz CT molecular complexity index is 794. The van der Waals surface area contributed by atoms with E-state index >= 15 is 0 Å². The minimum Gasteiger partial charge on any atom is -0.446 e. The monoisotopic (exact) mass is 602 g/mol. The van der Waals surface area contributed by atoms with Crippen LogP contribution in [0.5, 0.6) is 0 Å². The minimum atomic E-state index is -0.700. The molecule has 14 nitrogen and oxygen atoms in total. The molecule has 240 valence electrons. The number of carbonyl (C=O) groups excluding carboxylic acids is 4. The van der Waals surface area contributed by atoms with E-state index < -0.39 is 23.9 Å². The molecular formula is C28H46N2O12. The third-order valence-corrected chi connectivity index (χ3v) is 6.02. The Hall–Kier alpha value is -2.62. The first-order chi connectivity index (χ1) is 20.6. The van der Waals surface area contributed by atoms with E-state index in [0.717, 1.165) is 32.1 Å². The Labute approximate surface area is 247 Å². The lowest BCUT2D eigenvalue weighted by Crippen LogP contribution is -2.32. The van der Waals surface area contributed by atoms with Gasteiger partial charge in [-0.25, -0.2) is 9.59 Å². The molecule has 0 saturated carbocycles. The molecule has 0 aromatic carbocycles. The van der Waals surface area contributed by atoms with Gasteiger partial charge in [-0.2, -0.15) is 0 Å². The Kier molecular flexibility index (Phi) is 20.2. The number of hydrogen-bond donors (Lipinski definition) is 1. The number of imide groups is 1. The predicted octanol–water partition coefficient (Wildman–Crippen LogP) is 1.70. The standard InChI is InChI=1S/C28H46N2O12/c31-25-8-9-26(32)30(25)42-27(33)10-12-35-14-16-37-18-20-39-22-23-40-21-19-38-17-15-36-13-11-29-28(34)41-24-6-4-2-1-3-5-7-24/h1-2,24H,3-23H2,(H,29,34)/b2-1+. The molecule has 2 aliphatic rings. The first kappa shape index (κ1) is 35.6. The zero-order chi connectivity index (χ0) is 30.1. The summed E-state index contributed by atoms with van der Waals surface area (Å²) in [6, 6.07) is 0. The van der Waals surface area contributed by atoms with Crippen LogP contribution in [0.15, 0.2) is 12.2 Å². The molecule has 2 rings (SSSR count). The molecule has 0 spiro atoms. The Morgan fingerprint density at radius 2 is 1.19 bits per heavy atom. The zero-order valence-electron chi connectivity index (χ0n) is 24.4. The molecule has 1 fully saturated rings. The van der Waals surface area contributed by atoms with Crippen LogP contribution in [0.25, 0.3) is 0 Å². The molecule has 0 radical (unpaired) electrons. The molecular weight excluding hydrogens is 556 g/mol. The van der Waals surface area contributed by atoms with Crippen molar-refractivity contribution in [1.29, 1.82) is 0 Å². The summed E-state index contributed by atoms with van der Waals surface area (Å²) in [4.78, 5) is 51.0. The van der Waals surface area contributed by atoms with Crippen LogP contribution in [0.1, 0.15) is 51.4 Å². The Morgan fingerprint density at radius 3 is 1.76 bits per heavy atom. The predicted molar refractivity (Wildman–Crippen MR) is 147 cm³/mol. The summed E-state index contributed by atoms with van der Waals surface area (Å²) in [5, 5.41) is 3.23. The van der Waals surface area contributed by atoms with Gasteiger partial charge in [0.25, 0.3) is 11.8 Å². The minimum absolute atomic E-state index is 0.0196. The van der Waals surface area contributed by atoms with Gasteiger partial charge in [0.05, 0.1) is 85.7 Å². The van der Waals surface area contributed by atoms with Gasteiger partial charge in [-0.05, 0) is 32.1 Å². The fourth-order valence-corrected chi connectivity index (χ4v) is 3.82. The van der Waals surface area contributed by atoms with Crippen molar-refractivity contribution in [2.45, 2.75) is 57.5 Å². The van der Waals surface area contributed by atoms with E-state index in [2.05, 4.69) is 17.5 Å². The van der Waals surface area contributed by atoms with Crippen molar-refractivity contribution in [3.63, 3.8) is 0 Å². The van der Waals surface area contributed by atoms with Crippen LogP contribution in [-0.4, -0.2) is 121 Å². The molecule has 14 heteroatoms. The molecule has 1 heterocycles. The van der Waals surface area contributed by atoms with Crippen molar-refractivity contribution in [2.24, 2.45) is 0 Å². The van der Waals surface area contributed by atoms with Crippen molar-refractivity contribution in [3.05, 3.63) is 12.2 Å². The maximum absolute atomic E-state index is 11.9. The molecule has 1 N–H and O–H groups in total. The molecule has 1 aliphatic heterocycles. The Morgan fingerprint density at radius 1 is 0.690 bits per heavy atom. The van der Waals surface area contributed by atoms with E-state index in [4.69, 9.17) is 38.0 Å². The summed E-state index contributed by atoms with van der Waals surface area (Å²) in [5.74, 6) is -1.72. The van der Waals surface area contributed by atoms with Gasteiger partial charge in [-0.1, -0.05) is 12.2 Å². The van der Waals surface area contributed by atoms with Gasteiger partial charge in [0, 0.05) is 19.4 Å². The molecule has 0 aromatic rings. The number of amides is 3. The molecule has 0 bridgehead atoms. The van der Waals surface area contributed by atoms with Gasteiger partial charge in [-0.3, -0.25) is 9.59 Å². The van der Waals surface area contributed by atoms with Gasteiger partial charge in [0.15, 0.2) is 0 Å². The van der Waals surface area contributed by atoms with Gasteiger partial charge in [-0.15, -0.1) is 5.06 Å². The molecule has 0 aromatic heterocycles. The van der Waals surface area contributed by atoms with E-state index in [0.29, 0.717) is 77.7 Å². The van der Waals surface area contributed by atoms with Crippen LogP contribution in [-0.2, 0) is 52.4 Å². The topological polar surface area (TPSA) is 157 Å². The van der Waals surface area contributed by atoms with Gasteiger partial charge >= 0.3 is 12.1 Å². The van der Waals surface area contributed by atoms with E-state index in [1.807, 2.05) is 0 Å². The quantitative estimate of drug-likeness (QED) is 0.103. The SMILES string of the molecule is O=C(CCOCCOCCOCCOCCOCCOCCNC(=O)OC1CC/C=C/CCC1)ON1C(=O)CCC1=O. The molecule has 1 aliphatic carbocycles. The van der Waals surface area contributed by atoms with Crippen LogP contribution >= 0.6 is 0 Å². The van der Waals surface area contributed by atoms with Crippen molar-refractivity contribution < 1.29 is 57.2 Å². The number of carbonyl (C=O) groups is 4. The summed E-state index contributed by atoms with van der Waals surface area (Å²) in [6.07, 6.45) is 8.75. The summed E-state index contributed by atoms with van der Waals surface area (Å²) >= 11 is 0. The van der Waals surface area contributed by atoms with E-state index in [1.54, 1.807) is 0 Å².